The first-order valence-electron chi connectivity index (χ1n) is 7.66. The quantitative estimate of drug-likeness (QED) is 0.837. The molecular formula is C16H23N3O3. The van der Waals surface area contributed by atoms with Gasteiger partial charge in [-0.2, -0.15) is 0 Å². The number of carbonyl (C=O) groups excluding carboxylic acids is 1. The highest BCUT2D eigenvalue weighted by molar-refractivity contribution is 5.78. The van der Waals surface area contributed by atoms with Crippen LogP contribution in [-0.4, -0.2) is 43.8 Å². The van der Waals surface area contributed by atoms with Gasteiger partial charge >= 0.3 is 0 Å². The molecule has 3 N–H and O–H groups in total. The molecule has 0 radical (unpaired) electrons. The molecule has 0 saturated carbocycles. The van der Waals surface area contributed by atoms with Gasteiger partial charge in [0.2, 0.25) is 12.7 Å². The average Bonchev–Trinajstić information content (AvgIpc) is 3.12. The first-order valence-corrected chi connectivity index (χ1v) is 7.66. The zero-order valence-electron chi connectivity index (χ0n) is 12.9. The largest absolute Gasteiger partial charge is 0.454 e. The van der Waals surface area contributed by atoms with Crippen molar-refractivity contribution in [2.75, 3.05) is 33.0 Å². The zero-order valence-corrected chi connectivity index (χ0v) is 12.9. The minimum Gasteiger partial charge on any atom is -0.454 e. The summed E-state index contributed by atoms with van der Waals surface area (Å²) in [5, 5.41) is 2.95. The number of benzene rings is 1. The lowest BCUT2D eigenvalue weighted by Gasteiger charge is -2.22. The minimum absolute atomic E-state index is 0.0407. The van der Waals surface area contributed by atoms with Gasteiger partial charge in [-0.05, 0) is 42.6 Å². The SMILES string of the molecule is CC1(CN)CCN(CC(=O)NCc2ccc3c(c2)OCO3)C1. The molecule has 1 aromatic rings. The molecule has 1 fully saturated rings. The predicted octanol–water partition coefficient (Wildman–Crippen LogP) is 0.702. The molecule has 1 aromatic carbocycles. The van der Waals surface area contributed by atoms with E-state index >= 15 is 0 Å². The second-order valence-electron chi connectivity index (χ2n) is 6.44. The standard InChI is InChI=1S/C16H23N3O3/c1-16(9-17)4-5-19(10-16)8-15(20)18-7-12-2-3-13-14(6-12)22-11-21-13/h2-3,6H,4-5,7-11,17H2,1H3,(H,18,20). The fourth-order valence-corrected chi connectivity index (χ4v) is 2.94. The van der Waals surface area contributed by atoms with E-state index < -0.39 is 0 Å². The van der Waals surface area contributed by atoms with Gasteiger partial charge in [-0.3, -0.25) is 9.69 Å². The Hall–Kier alpha value is -1.79. The van der Waals surface area contributed by atoms with E-state index in [-0.39, 0.29) is 18.1 Å². The summed E-state index contributed by atoms with van der Waals surface area (Å²) in [6, 6.07) is 5.72. The molecule has 0 aromatic heterocycles. The van der Waals surface area contributed by atoms with E-state index in [0.29, 0.717) is 19.6 Å². The molecule has 1 amide bonds. The van der Waals surface area contributed by atoms with Crippen LogP contribution in [0.25, 0.3) is 0 Å². The molecule has 2 heterocycles. The number of rotatable bonds is 5. The molecule has 1 atom stereocenters. The maximum absolute atomic E-state index is 12.1. The monoisotopic (exact) mass is 305 g/mol. The van der Waals surface area contributed by atoms with Gasteiger partial charge < -0.3 is 20.5 Å². The number of nitrogens with two attached hydrogens (primary N) is 1. The molecule has 1 saturated heterocycles. The average molecular weight is 305 g/mol. The Morgan fingerprint density at radius 1 is 1.41 bits per heavy atom. The third kappa shape index (κ3) is 3.34. The van der Waals surface area contributed by atoms with Crippen molar-refractivity contribution in [1.82, 2.24) is 10.2 Å². The predicted molar refractivity (Wildman–Crippen MR) is 82.6 cm³/mol. The van der Waals surface area contributed by atoms with Gasteiger partial charge in [0.1, 0.15) is 0 Å². The number of nitrogens with zero attached hydrogens (tertiary/aromatic N) is 1. The summed E-state index contributed by atoms with van der Waals surface area (Å²) >= 11 is 0. The van der Waals surface area contributed by atoms with Crippen LogP contribution in [-0.2, 0) is 11.3 Å². The van der Waals surface area contributed by atoms with Crippen LogP contribution in [0.2, 0.25) is 0 Å². The van der Waals surface area contributed by atoms with Gasteiger partial charge in [-0.25, -0.2) is 0 Å². The number of ether oxygens (including phenoxy) is 2. The van der Waals surface area contributed by atoms with Crippen molar-refractivity contribution >= 4 is 5.91 Å². The highest BCUT2D eigenvalue weighted by atomic mass is 16.7. The van der Waals surface area contributed by atoms with Gasteiger partial charge in [-0.15, -0.1) is 0 Å². The maximum Gasteiger partial charge on any atom is 0.234 e. The molecule has 3 rings (SSSR count). The summed E-state index contributed by atoms with van der Waals surface area (Å²) in [5.41, 5.74) is 6.95. The number of hydrogen-bond donors (Lipinski definition) is 2. The Kier molecular flexibility index (Phi) is 4.22. The van der Waals surface area contributed by atoms with Crippen LogP contribution in [0.5, 0.6) is 11.5 Å². The summed E-state index contributed by atoms with van der Waals surface area (Å²) in [4.78, 5) is 14.2. The molecule has 2 aliphatic rings. The van der Waals surface area contributed by atoms with Gasteiger partial charge in [-0.1, -0.05) is 13.0 Å². The molecule has 6 heteroatoms. The molecule has 0 spiro atoms. The number of likely N-dealkylation sites (tertiary alicyclic amines) is 1. The Morgan fingerprint density at radius 2 is 2.23 bits per heavy atom. The molecule has 2 aliphatic heterocycles. The summed E-state index contributed by atoms with van der Waals surface area (Å²) in [6.07, 6.45) is 1.05. The third-order valence-electron chi connectivity index (χ3n) is 4.42. The van der Waals surface area contributed by atoms with Crippen molar-refractivity contribution in [2.45, 2.75) is 19.9 Å². The molecule has 1 unspecified atom stereocenters. The number of amides is 1. The van der Waals surface area contributed by atoms with E-state index in [1.165, 1.54) is 0 Å². The fourth-order valence-electron chi connectivity index (χ4n) is 2.94. The van der Waals surface area contributed by atoms with Crippen LogP contribution in [0.1, 0.15) is 18.9 Å². The van der Waals surface area contributed by atoms with E-state index in [2.05, 4.69) is 17.1 Å². The maximum atomic E-state index is 12.1. The number of hydrogen-bond acceptors (Lipinski definition) is 5. The molecule has 0 bridgehead atoms. The van der Waals surface area contributed by atoms with Crippen LogP contribution < -0.4 is 20.5 Å². The van der Waals surface area contributed by atoms with E-state index in [1.807, 2.05) is 18.2 Å². The van der Waals surface area contributed by atoms with Gasteiger partial charge in [0.05, 0.1) is 6.54 Å². The Morgan fingerprint density at radius 3 is 3.00 bits per heavy atom. The molecule has 0 aliphatic carbocycles. The third-order valence-corrected chi connectivity index (χ3v) is 4.42. The summed E-state index contributed by atoms with van der Waals surface area (Å²) in [6.45, 7) is 5.86. The van der Waals surface area contributed by atoms with Crippen molar-refractivity contribution in [3.63, 3.8) is 0 Å². The second kappa shape index (κ2) is 6.14. The van der Waals surface area contributed by atoms with Crippen molar-refractivity contribution < 1.29 is 14.3 Å². The number of nitrogens with one attached hydrogen (secondary N) is 1. The van der Waals surface area contributed by atoms with Crippen LogP contribution in [0.15, 0.2) is 18.2 Å². The van der Waals surface area contributed by atoms with Gasteiger partial charge in [0.15, 0.2) is 11.5 Å². The molecule has 6 nitrogen and oxygen atoms in total. The number of fused-ring (bicyclic) bond motifs is 1. The van der Waals surface area contributed by atoms with E-state index in [9.17, 15) is 4.79 Å². The fraction of sp³-hybridized carbons (Fsp3) is 0.562. The van der Waals surface area contributed by atoms with Crippen molar-refractivity contribution in [2.24, 2.45) is 11.1 Å². The molecular weight excluding hydrogens is 282 g/mol. The molecule has 22 heavy (non-hydrogen) atoms. The summed E-state index contributed by atoms with van der Waals surface area (Å²) in [7, 11) is 0. The molecule has 120 valence electrons. The van der Waals surface area contributed by atoms with Crippen molar-refractivity contribution in [3.05, 3.63) is 23.8 Å². The van der Waals surface area contributed by atoms with E-state index in [4.69, 9.17) is 15.2 Å². The zero-order chi connectivity index (χ0) is 15.6. The normalized spacial score (nSPS) is 23.7. The Balaban J connectivity index is 1.47. The van der Waals surface area contributed by atoms with Crippen LogP contribution >= 0.6 is 0 Å². The van der Waals surface area contributed by atoms with Crippen molar-refractivity contribution in [1.29, 1.82) is 0 Å². The summed E-state index contributed by atoms with van der Waals surface area (Å²) < 4.78 is 10.6. The Labute approximate surface area is 130 Å². The Bertz CT molecular complexity index is 564. The first-order chi connectivity index (χ1) is 10.6. The van der Waals surface area contributed by atoms with E-state index in [0.717, 1.165) is 36.6 Å². The minimum atomic E-state index is 0.0407. The van der Waals surface area contributed by atoms with Crippen LogP contribution in [0.4, 0.5) is 0 Å². The summed E-state index contributed by atoms with van der Waals surface area (Å²) in [5.74, 6) is 1.54. The smallest absolute Gasteiger partial charge is 0.234 e. The van der Waals surface area contributed by atoms with Gasteiger partial charge in [0, 0.05) is 13.1 Å². The topological polar surface area (TPSA) is 76.8 Å². The lowest BCUT2D eigenvalue weighted by molar-refractivity contribution is -0.122. The lowest BCUT2D eigenvalue weighted by atomic mass is 9.90. The van der Waals surface area contributed by atoms with Gasteiger partial charge in [0.25, 0.3) is 0 Å². The van der Waals surface area contributed by atoms with Crippen molar-refractivity contribution in [3.8, 4) is 11.5 Å². The lowest BCUT2D eigenvalue weighted by Crippen LogP contribution is -2.38. The highest BCUT2D eigenvalue weighted by Crippen LogP contribution is 2.32. The van der Waals surface area contributed by atoms with Crippen LogP contribution in [0.3, 0.4) is 0 Å². The van der Waals surface area contributed by atoms with E-state index in [1.54, 1.807) is 0 Å². The second-order valence-corrected chi connectivity index (χ2v) is 6.44. The first kappa shape index (κ1) is 15.1. The number of carbonyl (C=O) groups is 1. The van der Waals surface area contributed by atoms with Crippen LogP contribution in [0, 0.1) is 5.41 Å². The highest BCUT2D eigenvalue weighted by Gasteiger charge is 2.32.